The van der Waals surface area contributed by atoms with Crippen molar-refractivity contribution in [3.63, 3.8) is 0 Å². The number of aromatic nitrogens is 2. The molecule has 148 valence electrons. The summed E-state index contributed by atoms with van der Waals surface area (Å²) in [6, 6.07) is 13.2. The molecule has 8 heteroatoms. The summed E-state index contributed by atoms with van der Waals surface area (Å²) in [5, 5.41) is 3.08. The molecule has 0 saturated heterocycles. The maximum Gasteiger partial charge on any atom is 0.306 e. The SMILES string of the molecule is CC(=O)Nc1ccc(C(=O)COC(=O)CCc2nc3ccccc3c(=O)[nH]2)cc1. The van der Waals surface area contributed by atoms with Gasteiger partial charge < -0.3 is 15.0 Å². The minimum Gasteiger partial charge on any atom is -0.457 e. The molecule has 3 rings (SSSR count). The average molecular weight is 393 g/mol. The molecule has 1 amide bonds. The van der Waals surface area contributed by atoms with Gasteiger partial charge in [0.1, 0.15) is 5.82 Å². The zero-order valence-electron chi connectivity index (χ0n) is 15.7. The minimum absolute atomic E-state index is 0.0178. The lowest BCUT2D eigenvalue weighted by Gasteiger charge is -2.06. The van der Waals surface area contributed by atoms with E-state index in [0.717, 1.165) is 0 Å². The van der Waals surface area contributed by atoms with Crippen LogP contribution < -0.4 is 10.9 Å². The molecule has 29 heavy (non-hydrogen) atoms. The van der Waals surface area contributed by atoms with Gasteiger partial charge in [0.05, 0.1) is 17.3 Å². The molecule has 3 aromatic rings. The van der Waals surface area contributed by atoms with E-state index in [1.54, 1.807) is 48.5 Å². The number of hydrogen-bond acceptors (Lipinski definition) is 6. The highest BCUT2D eigenvalue weighted by atomic mass is 16.5. The van der Waals surface area contributed by atoms with E-state index in [9.17, 15) is 19.2 Å². The van der Waals surface area contributed by atoms with Gasteiger partial charge in [-0.1, -0.05) is 12.1 Å². The van der Waals surface area contributed by atoms with Crippen molar-refractivity contribution in [1.29, 1.82) is 0 Å². The van der Waals surface area contributed by atoms with Crippen LogP contribution in [0.3, 0.4) is 0 Å². The number of para-hydroxylation sites is 1. The van der Waals surface area contributed by atoms with Gasteiger partial charge in [-0.3, -0.25) is 19.2 Å². The number of carbonyl (C=O) groups excluding carboxylic acids is 3. The first-order chi connectivity index (χ1) is 13.9. The first kappa shape index (κ1) is 19.9. The normalized spacial score (nSPS) is 10.5. The van der Waals surface area contributed by atoms with Gasteiger partial charge in [0, 0.05) is 24.6 Å². The third kappa shape index (κ3) is 5.35. The van der Waals surface area contributed by atoms with Gasteiger partial charge in [0.2, 0.25) is 5.91 Å². The molecule has 0 aliphatic carbocycles. The number of rotatable bonds is 7. The number of benzene rings is 2. The van der Waals surface area contributed by atoms with Crippen molar-refractivity contribution in [2.24, 2.45) is 0 Å². The lowest BCUT2D eigenvalue weighted by molar-refractivity contribution is -0.142. The predicted octanol–water partition coefficient (Wildman–Crippen LogP) is 2.24. The Labute approximate surface area is 165 Å². The molecule has 0 spiro atoms. The van der Waals surface area contributed by atoms with E-state index in [1.807, 2.05) is 0 Å². The second kappa shape index (κ2) is 8.92. The van der Waals surface area contributed by atoms with Crippen LogP contribution >= 0.6 is 0 Å². The third-order valence-electron chi connectivity index (χ3n) is 4.12. The van der Waals surface area contributed by atoms with Crippen LogP contribution in [0.15, 0.2) is 53.3 Å². The van der Waals surface area contributed by atoms with Crippen LogP contribution in [0.5, 0.6) is 0 Å². The Kier molecular flexibility index (Phi) is 6.13. The molecule has 0 fully saturated rings. The van der Waals surface area contributed by atoms with Crippen LogP contribution in [0.4, 0.5) is 5.69 Å². The van der Waals surface area contributed by atoms with Crippen LogP contribution in [0.25, 0.3) is 10.9 Å². The minimum atomic E-state index is -0.566. The van der Waals surface area contributed by atoms with E-state index in [-0.39, 0.29) is 36.7 Å². The summed E-state index contributed by atoms with van der Waals surface area (Å²) in [7, 11) is 0. The number of aryl methyl sites for hydroxylation is 1. The van der Waals surface area contributed by atoms with Crippen molar-refractivity contribution >= 4 is 34.3 Å². The van der Waals surface area contributed by atoms with Crippen LogP contribution in [0.2, 0.25) is 0 Å². The van der Waals surface area contributed by atoms with Crippen molar-refractivity contribution in [2.75, 3.05) is 11.9 Å². The van der Waals surface area contributed by atoms with Gasteiger partial charge in [-0.25, -0.2) is 4.98 Å². The van der Waals surface area contributed by atoms with E-state index < -0.39 is 5.97 Å². The summed E-state index contributed by atoms with van der Waals surface area (Å²) < 4.78 is 5.01. The molecule has 1 aromatic heterocycles. The number of fused-ring (bicyclic) bond motifs is 1. The quantitative estimate of drug-likeness (QED) is 0.469. The van der Waals surface area contributed by atoms with E-state index in [2.05, 4.69) is 15.3 Å². The topological polar surface area (TPSA) is 118 Å². The molecule has 0 unspecified atom stereocenters. The molecular weight excluding hydrogens is 374 g/mol. The molecule has 1 heterocycles. The highest BCUT2D eigenvalue weighted by molar-refractivity contribution is 5.98. The molecule has 0 aliphatic heterocycles. The largest absolute Gasteiger partial charge is 0.457 e. The lowest BCUT2D eigenvalue weighted by Crippen LogP contribution is -2.16. The number of ether oxygens (including phenoxy) is 1. The van der Waals surface area contributed by atoms with E-state index in [4.69, 9.17) is 4.74 Å². The van der Waals surface area contributed by atoms with E-state index in [0.29, 0.717) is 28.0 Å². The summed E-state index contributed by atoms with van der Waals surface area (Å²) in [5.74, 6) is -0.750. The Balaban J connectivity index is 1.51. The smallest absolute Gasteiger partial charge is 0.306 e. The fourth-order valence-corrected chi connectivity index (χ4v) is 2.72. The summed E-state index contributed by atoms with van der Waals surface area (Å²) in [6.07, 6.45) is 0.175. The highest BCUT2D eigenvalue weighted by Crippen LogP contribution is 2.11. The molecule has 0 radical (unpaired) electrons. The summed E-state index contributed by atoms with van der Waals surface area (Å²) in [4.78, 5) is 54.0. The summed E-state index contributed by atoms with van der Waals surface area (Å²) in [6.45, 7) is 1.00. The van der Waals surface area contributed by atoms with E-state index >= 15 is 0 Å². The number of aromatic amines is 1. The standard InChI is InChI=1S/C21H19N3O5/c1-13(25)22-15-8-6-14(7-9-15)18(26)12-29-20(27)11-10-19-23-17-5-3-2-4-16(17)21(28)24-19/h2-9H,10-12H2,1H3,(H,22,25)(H,23,24,28). The first-order valence-electron chi connectivity index (χ1n) is 8.97. The molecule has 0 saturated carbocycles. The number of hydrogen-bond donors (Lipinski definition) is 2. The van der Waals surface area contributed by atoms with Crippen LogP contribution in [-0.4, -0.2) is 34.2 Å². The number of esters is 1. The lowest BCUT2D eigenvalue weighted by atomic mass is 10.1. The zero-order valence-corrected chi connectivity index (χ0v) is 15.7. The number of anilines is 1. The average Bonchev–Trinajstić information content (AvgIpc) is 2.70. The van der Waals surface area contributed by atoms with Gasteiger partial charge in [0.15, 0.2) is 12.4 Å². The second-order valence-electron chi connectivity index (χ2n) is 6.37. The number of ketones is 1. The van der Waals surface area contributed by atoms with Crippen LogP contribution in [0.1, 0.15) is 29.5 Å². The number of H-pyrrole nitrogens is 1. The maximum absolute atomic E-state index is 12.1. The Morgan fingerprint density at radius 3 is 2.52 bits per heavy atom. The van der Waals surface area contributed by atoms with Gasteiger partial charge in [-0.05, 0) is 36.4 Å². The van der Waals surface area contributed by atoms with Crippen molar-refractivity contribution in [3.05, 3.63) is 70.3 Å². The molecule has 8 nitrogen and oxygen atoms in total. The number of nitrogens with zero attached hydrogens (tertiary/aromatic N) is 1. The number of carbonyl (C=O) groups is 3. The monoisotopic (exact) mass is 393 g/mol. The molecule has 2 aromatic carbocycles. The molecular formula is C21H19N3O5. The highest BCUT2D eigenvalue weighted by Gasteiger charge is 2.12. The van der Waals surface area contributed by atoms with Gasteiger partial charge in [0.25, 0.3) is 5.56 Å². The van der Waals surface area contributed by atoms with Crippen molar-refractivity contribution in [3.8, 4) is 0 Å². The Bertz CT molecular complexity index is 1120. The molecule has 2 N–H and O–H groups in total. The maximum atomic E-state index is 12.1. The van der Waals surface area contributed by atoms with E-state index in [1.165, 1.54) is 6.92 Å². The second-order valence-corrected chi connectivity index (χ2v) is 6.37. The van der Waals surface area contributed by atoms with Gasteiger partial charge in [-0.2, -0.15) is 0 Å². The Morgan fingerprint density at radius 2 is 1.79 bits per heavy atom. The zero-order chi connectivity index (χ0) is 20.8. The summed E-state index contributed by atoms with van der Waals surface area (Å²) >= 11 is 0. The Morgan fingerprint density at radius 1 is 1.07 bits per heavy atom. The summed E-state index contributed by atoms with van der Waals surface area (Å²) in [5.41, 5.74) is 1.23. The molecule has 0 atom stereocenters. The van der Waals surface area contributed by atoms with Crippen molar-refractivity contribution < 1.29 is 19.1 Å². The fraction of sp³-hybridized carbons (Fsp3) is 0.190. The van der Waals surface area contributed by atoms with Gasteiger partial charge in [-0.15, -0.1) is 0 Å². The Hall–Kier alpha value is -3.81. The van der Waals surface area contributed by atoms with Gasteiger partial charge >= 0.3 is 5.97 Å². The van der Waals surface area contributed by atoms with Crippen LogP contribution in [0, 0.1) is 0 Å². The number of amides is 1. The fourth-order valence-electron chi connectivity index (χ4n) is 2.72. The third-order valence-corrected chi connectivity index (χ3v) is 4.12. The van der Waals surface area contributed by atoms with Crippen molar-refractivity contribution in [1.82, 2.24) is 9.97 Å². The van der Waals surface area contributed by atoms with Crippen molar-refractivity contribution in [2.45, 2.75) is 19.8 Å². The molecule has 0 bridgehead atoms. The predicted molar refractivity (Wildman–Crippen MR) is 107 cm³/mol. The number of Topliss-reactive ketones (excluding diaryl/α,β-unsaturated/α-hetero) is 1. The number of nitrogens with one attached hydrogen (secondary N) is 2. The molecule has 0 aliphatic rings. The van der Waals surface area contributed by atoms with Crippen LogP contribution in [-0.2, 0) is 20.7 Å². The first-order valence-corrected chi connectivity index (χ1v) is 8.97.